The number of halogens is 3. The van der Waals surface area contributed by atoms with Gasteiger partial charge < -0.3 is 15.7 Å². The number of nitrogens with one attached hydrogen (secondary N) is 2. The van der Waals surface area contributed by atoms with Crippen LogP contribution in [0.4, 0.5) is 13.2 Å². The Morgan fingerprint density at radius 3 is 2.48 bits per heavy atom. The van der Waals surface area contributed by atoms with Crippen molar-refractivity contribution in [1.29, 1.82) is 0 Å². The Labute approximate surface area is 181 Å². The van der Waals surface area contributed by atoms with Gasteiger partial charge in [0, 0.05) is 32.2 Å². The summed E-state index contributed by atoms with van der Waals surface area (Å²) in [6.07, 6.45) is -3.38. The highest BCUT2D eigenvalue weighted by atomic mass is 19.4. The van der Waals surface area contributed by atoms with E-state index in [1.807, 2.05) is 31.2 Å². The number of guanidine groups is 1. The number of benzene rings is 2. The molecule has 1 heterocycles. The molecule has 31 heavy (non-hydrogen) atoms. The van der Waals surface area contributed by atoms with Gasteiger partial charge in [0.25, 0.3) is 0 Å². The molecule has 0 bridgehead atoms. The zero-order valence-corrected chi connectivity index (χ0v) is 17.6. The number of nitrogens with zero attached hydrogens (tertiary/aromatic N) is 2. The van der Waals surface area contributed by atoms with Crippen LogP contribution in [0.5, 0.6) is 0 Å². The first-order valence-corrected chi connectivity index (χ1v) is 10.5. The summed E-state index contributed by atoms with van der Waals surface area (Å²) in [5.74, 6) is 0.719. The lowest BCUT2D eigenvalue weighted by molar-refractivity contribution is -0.137. The second kappa shape index (κ2) is 10.6. The number of alkyl halides is 3. The first-order valence-electron chi connectivity index (χ1n) is 10.5. The van der Waals surface area contributed by atoms with Gasteiger partial charge in [-0.2, -0.15) is 13.2 Å². The number of aliphatic hydroxyl groups is 1. The molecule has 1 aliphatic heterocycles. The SMILES string of the molecule is CCNC(=NCc1ccccc1CO)NC1CCN(Cc2ccc(C(F)(F)F)cc2)C1. The Bertz CT molecular complexity index is 868. The molecule has 3 rings (SSSR count). The monoisotopic (exact) mass is 434 g/mol. The average Bonchev–Trinajstić information content (AvgIpc) is 3.19. The molecule has 3 N–H and O–H groups in total. The molecule has 1 saturated heterocycles. The van der Waals surface area contributed by atoms with Gasteiger partial charge in [-0.05, 0) is 42.2 Å². The average molecular weight is 435 g/mol. The van der Waals surface area contributed by atoms with E-state index in [9.17, 15) is 18.3 Å². The van der Waals surface area contributed by atoms with Crippen LogP contribution in [0.2, 0.25) is 0 Å². The van der Waals surface area contributed by atoms with E-state index in [2.05, 4.69) is 20.5 Å². The van der Waals surface area contributed by atoms with E-state index in [0.29, 0.717) is 13.1 Å². The van der Waals surface area contributed by atoms with E-state index in [1.54, 1.807) is 12.1 Å². The molecule has 0 aromatic heterocycles. The van der Waals surface area contributed by atoms with Gasteiger partial charge in [-0.1, -0.05) is 36.4 Å². The number of aliphatic imine (C=N–C) groups is 1. The van der Waals surface area contributed by atoms with Gasteiger partial charge in [-0.15, -0.1) is 0 Å². The maximum Gasteiger partial charge on any atom is 0.416 e. The lowest BCUT2D eigenvalue weighted by Gasteiger charge is -2.19. The number of aliphatic hydroxyl groups excluding tert-OH is 1. The number of rotatable bonds is 7. The van der Waals surface area contributed by atoms with Crippen molar-refractivity contribution in [3.8, 4) is 0 Å². The molecule has 0 spiro atoms. The largest absolute Gasteiger partial charge is 0.416 e. The number of likely N-dealkylation sites (tertiary alicyclic amines) is 1. The van der Waals surface area contributed by atoms with Crippen molar-refractivity contribution in [2.45, 2.75) is 45.3 Å². The Morgan fingerprint density at radius 1 is 1.13 bits per heavy atom. The summed E-state index contributed by atoms with van der Waals surface area (Å²) >= 11 is 0. The minimum absolute atomic E-state index is 0.0167. The van der Waals surface area contributed by atoms with E-state index in [4.69, 9.17) is 0 Å². The van der Waals surface area contributed by atoms with Crippen LogP contribution in [-0.2, 0) is 25.9 Å². The second-order valence-corrected chi connectivity index (χ2v) is 7.68. The van der Waals surface area contributed by atoms with Gasteiger partial charge in [0.15, 0.2) is 5.96 Å². The molecule has 0 aliphatic carbocycles. The molecular weight excluding hydrogens is 405 g/mol. The minimum atomic E-state index is -4.30. The Balaban J connectivity index is 1.55. The first-order chi connectivity index (χ1) is 14.9. The predicted molar refractivity (Wildman–Crippen MR) is 115 cm³/mol. The molecule has 0 amide bonds. The maximum absolute atomic E-state index is 12.7. The van der Waals surface area contributed by atoms with Crippen LogP contribution in [0.15, 0.2) is 53.5 Å². The summed E-state index contributed by atoms with van der Waals surface area (Å²) in [6.45, 7) is 5.46. The molecule has 168 valence electrons. The van der Waals surface area contributed by atoms with Crippen LogP contribution in [0.25, 0.3) is 0 Å². The van der Waals surface area contributed by atoms with Crippen molar-refractivity contribution >= 4 is 5.96 Å². The summed E-state index contributed by atoms with van der Waals surface area (Å²) < 4.78 is 38.2. The van der Waals surface area contributed by atoms with E-state index in [0.717, 1.165) is 60.8 Å². The molecule has 1 atom stereocenters. The summed E-state index contributed by atoms with van der Waals surface area (Å²) in [6, 6.07) is 13.3. The van der Waals surface area contributed by atoms with Crippen molar-refractivity contribution in [2.75, 3.05) is 19.6 Å². The summed E-state index contributed by atoms with van der Waals surface area (Å²) in [4.78, 5) is 6.88. The van der Waals surface area contributed by atoms with Crippen molar-refractivity contribution in [2.24, 2.45) is 4.99 Å². The van der Waals surface area contributed by atoms with Crippen LogP contribution in [0, 0.1) is 0 Å². The van der Waals surface area contributed by atoms with Crippen molar-refractivity contribution in [1.82, 2.24) is 15.5 Å². The third kappa shape index (κ3) is 6.70. The smallest absolute Gasteiger partial charge is 0.392 e. The molecule has 0 radical (unpaired) electrons. The van der Waals surface area contributed by atoms with Crippen LogP contribution >= 0.6 is 0 Å². The Hall–Kier alpha value is -2.58. The number of hydrogen-bond donors (Lipinski definition) is 3. The van der Waals surface area contributed by atoms with E-state index < -0.39 is 11.7 Å². The highest BCUT2D eigenvalue weighted by Crippen LogP contribution is 2.29. The minimum Gasteiger partial charge on any atom is -0.392 e. The van der Waals surface area contributed by atoms with Crippen LogP contribution < -0.4 is 10.6 Å². The summed E-state index contributed by atoms with van der Waals surface area (Å²) in [5.41, 5.74) is 2.10. The predicted octanol–water partition coefficient (Wildman–Crippen LogP) is 3.53. The normalized spacial score (nSPS) is 17.7. The molecule has 0 saturated carbocycles. The highest BCUT2D eigenvalue weighted by Gasteiger charge is 2.30. The van der Waals surface area contributed by atoms with Gasteiger partial charge in [-0.3, -0.25) is 4.90 Å². The lowest BCUT2D eigenvalue weighted by Crippen LogP contribution is -2.44. The van der Waals surface area contributed by atoms with Gasteiger partial charge in [-0.25, -0.2) is 4.99 Å². The van der Waals surface area contributed by atoms with Gasteiger partial charge in [0.05, 0.1) is 18.7 Å². The third-order valence-corrected chi connectivity index (χ3v) is 5.34. The van der Waals surface area contributed by atoms with E-state index >= 15 is 0 Å². The zero-order valence-electron chi connectivity index (χ0n) is 17.6. The topological polar surface area (TPSA) is 59.9 Å². The lowest BCUT2D eigenvalue weighted by atomic mass is 10.1. The third-order valence-electron chi connectivity index (χ3n) is 5.34. The van der Waals surface area contributed by atoms with Crippen LogP contribution in [0.1, 0.15) is 35.6 Å². The van der Waals surface area contributed by atoms with Crippen molar-refractivity contribution in [3.05, 3.63) is 70.8 Å². The second-order valence-electron chi connectivity index (χ2n) is 7.68. The van der Waals surface area contributed by atoms with Crippen LogP contribution in [-0.4, -0.2) is 41.6 Å². The molecule has 1 fully saturated rings. The quantitative estimate of drug-likeness (QED) is 0.461. The first kappa shape index (κ1) is 23.1. The molecule has 8 heteroatoms. The molecule has 2 aromatic carbocycles. The van der Waals surface area contributed by atoms with Crippen molar-refractivity contribution in [3.63, 3.8) is 0 Å². The molecule has 1 aliphatic rings. The Morgan fingerprint density at radius 2 is 1.84 bits per heavy atom. The summed E-state index contributed by atoms with van der Waals surface area (Å²) in [7, 11) is 0. The van der Waals surface area contributed by atoms with Crippen LogP contribution in [0.3, 0.4) is 0 Å². The van der Waals surface area contributed by atoms with Crippen molar-refractivity contribution < 1.29 is 18.3 Å². The highest BCUT2D eigenvalue weighted by molar-refractivity contribution is 5.80. The fourth-order valence-corrected chi connectivity index (χ4v) is 3.70. The zero-order chi connectivity index (χ0) is 22.3. The maximum atomic E-state index is 12.7. The van der Waals surface area contributed by atoms with Gasteiger partial charge >= 0.3 is 6.18 Å². The van der Waals surface area contributed by atoms with Gasteiger partial charge in [0.1, 0.15) is 0 Å². The van der Waals surface area contributed by atoms with Gasteiger partial charge in [0.2, 0.25) is 0 Å². The molecule has 2 aromatic rings. The fraction of sp³-hybridized carbons (Fsp3) is 0.435. The standard InChI is InChI=1S/C23H29F3N4O/c1-2-27-22(28-13-18-5-3-4-6-19(18)16-31)29-21-11-12-30(15-21)14-17-7-9-20(10-8-17)23(24,25)26/h3-10,21,31H,2,11-16H2,1H3,(H2,27,28,29). The summed E-state index contributed by atoms with van der Waals surface area (Å²) in [5, 5.41) is 16.2. The molecular formula is C23H29F3N4O. The number of hydrogen-bond acceptors (Lipinski definition) is 3. The molecule has 1 unspecified atom stereocenters. The van der Waals surface area contributed by atoms with E-state index in [-0.39, 0.29) is 12.6 Å². The van der Waals surface area contributed by atoms with E-state index in [1.165, 1.54) is 0 Å². The molecule has 5 nitrogen and oxygen atoms in total. The fourth-order valence-electron chi connectivity index (χ4n) is 3.70. The Kier molecular flexibility index (Phi) is 7.92.